The summed E-state index contributed by atoms with van der Waals surface area (Å²) in [5, 5.41) is 16.1. The molecule has 8 nitrogen and oxygen atoms in total. The van der Waals surface area contributed by atoms with E-state index in [0.29, 0.717) is 19.1 Å². The minimum atomic E-state index is -1.09. The molecule has 3 aliphatic rings. The summed E-state index contributed by atoms with van der Waals surface area (Å²) in [5.41, 5.74) is 0. The van der Waals surface area contributed by atoms with E-state index in [4.69, 9.17) is 4.74 Å². The Bertz CT molecular complexity index is 470. The number of amides is 1. The van der Waals surface area contributed by atoms with Crippen LogP contribution in [0.5, 0.6) is 0 Å². The SMILES string of the molecule is O=C(O)C(COC1CCNCC1)C(=O)N1CCN(C2CCNCC2)CC1. The fourth-order valence-electron chi connectivity index (χ4n) is 4.14. The zero-order chi connectivity index (χ0) is 18.4. The Balaban J connectivity index is 1.47. The minimum absolute atomic E-state index is 0.0205. The van der Waals surface area contributed by atoms with E-state index in [-0.39, 0.29) is 18.6 Å². The van der Waals surface area contributed by atoms with Crippen LogP contribution in [-0.2, 0) is 14.3 Å². The number of carbonyl (C=O) groups excluding carboxylic acids is 1. The number of nitrogens with one attached hydrogen (secondary N) is 2. The van der Waals surface area contributed by atoms with E-state index in [0.717, 1.165) is 65.0 Å². The van der Waals surface area contributed by atoms with Crippen LogP contribution in [0, 0.1) is 5.92 Å². The van der Waals surface area contributed by atoms with Gasteiger partial charge in [0, 0.05) is 32.2 Å². The predicted octanol–water partition coefficient (Wildman–Crippen LogP) is -0.648. The third kappa shape index (κ3) is 5.16. The van der Waals surface area contributed by atoms with Crippen molar-refractivity contribution in [3.8, 4) is 0 Å². The van der Waals surface area contributed by atoms with Gasteiger partial charge in [0.15, 0.2) is 5.92 Å². The highest BCUT2D eigenvalue weighted by atomic mass is 16.5. The molecule has 0 aromatic rings. The number of piperidine rings is 2. The van der Waals surface area contributed by atoms with E-state index in [1.54, 1.807) is 4.90 Å². The second kappa shape index (κ2) is 9.64. The van der Waals surface area contributed by atoms with Gasteiger partial charge in [-0.3, -0.25) is 14.5 Å². The first kappa shape index (κ1) is 19.5. The molecule has 1 atom stereocenters. The summed E-state index contributed by atoms with van der Waals surface area (Å²) in [6.07, 6.45) is 4.10. The van der Waals surface area contributed by atoms with Gasteiger partial charge >= 0.3 is 5.97 Å². The molecule has 0 radical (unpaired) electrons. The monoisotopic (exact) mass is 368 g/mol. The number of carboxylic acid groups (broad SMARTS) is 1. The van der Waals surface area contributed by atoms with Gasteiger partial charge in [0.1, 0.15) is 0 Å². The number of rotatable bonds is 6. The zero-order valence-corrected chi connectivity index (χ0v) is 15.5. The molecule has 3 fully saturated rings. The number of piperazine rings is 1. The Hall–Kier alpha value is -1.22. The van der Waals surface area contributed by atoms with E-state index in [1.807, 2.05) is 0 Å². The van der Waals surface area contributed by atoms with E-state index < -0.39 is 11.9 Å². The second-order valence-corrected chi connectivity index (χ2v) is 7.52. The van der Waals surface area contributed by atoms with E-state index >= 15 is 0 Å². The highest BCUT2D eigenvalue weighted by Gasteiger charge is 2.34. The lowest BCUT2D eigenvalue weighted by Gasteiger charge is -2.41. The van der Waals surface area contributed by atoms with E-state index in [2.05, 4.69) is 15.5 Å². The summed E-state index contributed by atoms with van der Waals surface area (Å²) in [6.45, 7) is 6.74. The standard InChI is InChI=1S/C18H32N4O4/c23-17(16(18(24)25)13-26-15-3-7-20-8-4-15)22-11-9-21(10-12-22)14-1-5-19-6-2-14/h14-16,19-20H,1-13H2,(H,24,25). The number of hydrogen-bond donors (Lipinski definition) is 3. The summed E-state index contributed by atoms with van der Waals surface area (Å²) in [6, 6.07) is 0.590. The van der Waals surface area contributed by atoms with Crippen molar-refractivity contribution >= 4 is 11.9 Å². The molecule has 0 aromatic carbocycles. The Morgan fingerprint density at radius 2 is 1.54 bits per heavy atom. The van der Waals surface area contributed by atoms with Gasteiger partial charge in [0.25, 0.3) is 0 Å². The Morgan fingerprint density at radius 3 is 2.12 bits per heavy atom. The molecule has 3 N–H and O–H groups in total. The normalized spacial score (nSPS) is 25.2. The van der Waals surface area contributed by atoms with Crippen LogP contribution >= 0.6 is 0 Å². The van der Waals surface area contributed by atoms with Crippen LogP contribution in [0.3, 0.4) is 0 Å². The molecule has 148 valence electrons. The molecule has 1 amide bonds. The molecular weight excluding hydrogens is 336 g/mol. The number of carboxylic acids is 1. The maximum absolute atomic E-state index is 12.7. The molecule has 3 saturated heterocycles. The van der Waals surface area contributed by atoms with Crippen molar-refractivity contribution in [2.24, 2.45) is 5.92 Å². The maximum Gasteiger partial charge on any atom is 0.318 e. The van der Waals surface area contributed by atoms with Crippen LogP contribution in [0.15, 0.2) is 0 Å². The molecule has 0 spiro atoms. The first-order chi connectivity index (χ1) is 12.6. The first-order valence-electron chi connectivity index (χ1n) is 9.94. The number of nitrogens with zero attached hydrogens (tertiary/aromatic N) is 2. The predicted molar refractivity (Wildman–Crippen MR) is 97.0 cm³/mol. The van der Waals surface area contributed by atoms with Gasteiger partial charge in [-0.25, -0.2) is 0 Å². The fourth-order valence-corrected chi connectivity index (χ4v) is 4.14. The van der Waals surface area contributed by atoms with Gasteiger partial charge in [0.2, 0.25) is 5.91 Å². The highest BCUT2D eigenvalue weighted by Crippen LogP contribution is 2.17. The molecule has 3 heterocycles. The van der Waals surface area contributed by atoms with Gasteiger partial charge in [-0.1, -0.05) is 0 Å². The molecule has 3 rings (SSSR count). The fraction of sp³-hybridized carbons (Fsp3) is 0.889. The van der Waals surface area contributed by atoms with E-state index in [9.17, 15) is 14.7 Å². The largest absolute Gasteiger partial charge is 0.481 e. The summed E-state index contributed by atoms with van der Waals surface area (Å²) in [4.78, 5) is 28.5. The quantitative estimate of drug-likeness (QED) is 0.537. The summed E-state index contributed by atoms with van der Waals surface area (Å²) in [7, 11) is 0. The van der Waals surface area contributed by atoms with Gasteiger partial charge in [-0.15, -0.1) is 0 Å². The molecule has 26 heavy (non-hydrogen) atoms. The van der Waals surface area contributed by atoms with E-state index in [1.165, 1.54) is 0 Å². The average molecular weight is 368 g/mol. The molecule has 1 unspecified atom stereocenters. The number of aliphatic carboxylic acids is 1. The Morgan fingerprint density at radius 1 is 0.962 bits per heavy atom. The Kier molecular flexibility index (Phi) is 7.24. The van der Waals surface area contributed by atoms with Crippen molar-refractivity contribution in [3.05, 3.63) is 0 Å². The zero-order valence-electron chi connectivity index (χ0n) is 15.5. The van der Waals surface area contributed by atoms with Crippen LogP contribution < -0.4 is 10.6 Å². The molecule has 0 aromatic heterocycles. The first-order valence-corrected chi connectivity index (χ1v) is 9.94. The van der Waals surface area contributed by atoms with Crippen molar-refractivity contribution in [2.75, 3.05) is 59.0 Å². The van der Waals surface area contributed by atoms with Gasteiger partial charge in [0.05, 0.1) is 12.7 Å². The van der Waals surface area contributed by atoms with Crippen LogP contribution in [0.4, 0.5) is 0 Å². The third-order valence-corrected chi connectivity index (χ3v) is 5.83. The van der Waals surface area contributed by atoms with Gasteiger partial charge in [-0.2, -0.15) is 0 Å². The summed E-state index contributed by atoms with van der Waals surface area (Å²) < 4.78 is 5.75. The maximum atomic E-state index is 12.7. The van der Waals surface area contributed by atoms with Crippen LogP contribution in [-0.4, -0.2) is 97.9 Å². The summed E-state index contributed by atoms with van der Waals surface area (Å²) in [5.74, 6) is -2.46. The molecule has 8 heteroatoms. The molecule has 0 aliphatic carbocycles. The Labute approximate surface area is 155 Å². The average Bonchev–Trinajstić information content (AvgIpc) is 2.69. The molecule has 0 saturated carbocycles. The lowest BCUT2D eigenvalue weighted by atomic mass is 10.0. The van der Waals surface area contributed by atoms with Gasteiger partial charge in [-0.05, 0) is 51.9 Å². The van der Waals surface area contributed by atoms with Crippen LogP contribution in [0.25, 0.3) is 0 Å². The smallest absolute Gasteiger partial charge is 0.318 e. The van der Waals surface area contributed by atoms with Crippen molar-refractivity contribution in [2.45, 2.75) is 37.8 Å². The number of carbonyl (C=O) groups is 2. The van der Waals surface area contributed by atoms with Gasteiger partial charge < -0.3 is 25.4 Å². The molecule has 0 bridgehead atoms. The lowest BCUT2D eigenvalue weighted by Crippen LogP contribution is -2.55. The number of ether oxygens (including phenoxy) is 1. The highest BCUT2D eigenvalue weighted by molar-refractivity contribution is 5.97. The van der Waals surface area contributed by atoms with Crippen molar-refractivity contribution < 1.29 is 19.4 Å². The van der Waals surface area contributed by atoms with Crippen molar-refractivity contribution in [3.63, 3.8) is 0 Å². The second-order valence-electron chi connectivity index (χ2n) is 7.52. The minimum Gasteiger partial charge on any atom is -0.481 e. The van der Waals surface area contributed by atoms with Crippen LogP contribution in [0.2, 0.25) is 0 Å². The summed E-state index contributed by atoms with van der Waals surface area (Å²) >= 11 is 0. The topological polar surface area (TPSA) is 94.1 Å². The molecular formula is C18H32N4O4. The van der Waals surface area contributed by atoms with Crippen LogP contribution in [0.1, 0.15) is 25.7 Å². The molecule has 3 aliphatic heterocycles. The van der Waals surface area contributed by atoms with Crippen molar-refractivity contribution in [1.29, 1.82) is 0 Å². The van der Waals surface area contributed by atoms with Crippen molar-refractivity contribution in [1.82, 2.24) is 20.4 Å². The number of hydrogen-bond acceptors (Lipinski definition) is 6. The third-order valence-electron chi connectivity index (χ3n) is 5.83. The lowest BCUT2D eigenvalue weighted by molar-refractivity contribution is -0.156.